The number of carbonyl (C=O) groups is 1. The smallest absolute Gasteiger partial charge is 0.362 e. The molecule has 0 radical (unpaired) electrons. The van der Waals surface area contributed by atoms with Gasteiger partial charge < -0.3 is 20.0 Å². The summed E-state index contributed by atoms with van der Waals surface area (Å²) in [7, 11) is 1.51. The highest BCUT2D eigenvalue weighted by molar-refractivity contribution is 5.82. The summed E-state index contributed by atoms with van der Waals surface area (Å²) in [5.74, 6) is -0.438. The fraction of sp³-hybridized carbons (Fsp3) is 0.231. The zero-order valence-electron chi connectivity index (χ0n) is 10.4. The number of carboxylic acids is 1. The summed E-state index contributed by atoms with van der Waals surface area (Å²) in [5.41, 5.74) is 4.01. The van der Waals surface area contributed by atoms with E-state index in [4.69, 9.17) is 14.3 Å². The molecule has 1 atom stereocenters. The molecule has 1 aromatic carbocycles. The van der Waals surface area contributed by atoms with Crippen molar-refractivity contribution < 1.29 is 24.8 Å². The third-order valence-electron chi connectivity index (χ3n) is 2.85. The van der Waals surface area contributed by atoms with Crippen molar-refractivity contribution in [3.05, 3.63) is 40.2 Å². The first-order valence-corrected chi connectivity index (χ1v) is 5.68. The second-order valence-electron chi connectivity index (χ2n) is 4.19. The Morgan fingerprint density at radius 1 is 1.47 bits per heavy atom. The Morgan fingerprint density at radius 3 is 2.84 bits per heavy atom. The van der Waals surface area contributed by atoms with Gasteiger partial charge in [0.1, 0.15) is 11.3 Å². The number of carboxylic acid groups (broad SMARTS) is 1. The molecule has 100 valence electrons. The molecule has 1 aromatic heterocycles. The van der Waals surface area contributed by atoms with Crippen LogP contribution in [0.5, 0.6) is 5.75 Å². The lowest BCUT2D eigenvalue weighted by Crippen LogP contribution is -2.66. The van der Waals surface area contributed by atoms with E-state index >= 15 is 0 Å². The van der Waals surface area contributed by atoms with Crippen molar-refractivity contribution >= 4 is 16.9 Å². The third-order valence-corrected chi connectivity index (χ3v) is 2.85. The first kappa shape index (κ1) is 13.1. The van der Waals surface area contributed by atoms with Crippen LogP contribution in [0.2, 0.25) is 0 Å². The predicted octanol–water partition coefficient (Wildman–Crippen LogP) is 0.0392. The summed E-state index contributed by atoms with van der Waals surface area (Å²) >= 11 is 0. The van der Waals surface area contributed by atoms with Gasteiger partial charge in [0.15, 0.2) is 6.04 Å². The first-order valence-electron chi connectivity index (χ1n) is 5.68. The molecule has 0 aliphatic rings. The van der Waals surface area contributed by atoms with Gasteiger partial charge >= 0.3 is 11.6 Å². The van der Waals surface area contributed by atoms with E-state index < -0.39 is 17.6 Å². The number of hydrogen-bond donors (Lipinski definition) is 2. The van der Waals surface area contributed by atoms with Crippen molar-refractivity contribution in [3.63, 3.8) is 0 Å². The van der Waals surface area contributed by atoms with E-state index in [-0.39, 0.29) is 6.42 Å². The molecule has 4 N–H and O–H groups in total. The van der Waals surface area contributed by atoms with Gasteiger partial charge in [-0.25, -0.2) is 9.59 Å². The molecule has 6 nitrogen and oxygen atoms in total. The zero-order chi connectivity index (χ0) is 14.0. The Balaban J connectivity index is 2.54. The standard InChI is InChI=1S/C13H13NO5/c1-18-8-2-3-9-7(4-10(14)13(16)17)5-12(15)19-11(9)6-8/h2-3,5-6,10H,4,14H2,1H3,(H,16,17)/p+1/t10-/m0/s1. The Labute approximate surface area is 108 Å². The number of benzene rings is 1. The number of aliphatic carboxylic acids is 1. The SMILES string of the molecule is COc1ccc2c(C[C@H]([NH3+])C(=O)O)cc(=O)oc2c1. The van der Waals surface area contributed by atoms with Crippen molar-refractivity contribution in [2.45, 2.75) is 12.5 Å². The van der Waals surface area contributed by atoms with Crippen LogP contribution in [-0.4, -0.2) is 24.2 Å². The monoisotopic (exact) mass is 264 g/mol. The van der Waals surface area contributed by atoms with Gasteiger partial charge in [-0.2, -0.15) is 0 Å². The van der Waals surface area contributed by atoms with E-state index in [9.17, 15) is 9.59 Å². The van der Waals surface area contributed by atoms with Gasteiger partial charge in [0.2, 0.25) is 0 Å². The van der Waals surface area contributed by atoms with Gasteiger partial charge in [-0.05, 0) is 17.7 Å². The van der Waals surface area contributed by atoms with E-state index in [0.717, 1.165) is 0 Å². The van der Waals surface area contributed by atoms with Crippen LogP contribution >= 0.6 is 0 Å². The molecule has 2 rings (SSSR count). The van der Waals surface area contributed by atoms with Gasteiger partial charge in [-0.15, -0.1) is 0 Å². The summed E-state index contributed by atoms with van der Waals surface area (Å²) in [6.07, 6.45) is 0.170. The molecular formula is C13H14NO5+. The van der Waals surface area contributed by atoms with Gasteiger partial charge in [0.25, 0.3) is 0 Å². The topological polar surface area (TPSA) is 104 Å². The molecule has 0 bridgehead atoms. The van der Waals surface area contributed by atoms with Crippen LogP contribution < -0.4 is 16.1 Å². The quantitative estimate of drug-likeness (QED) is 0.758. The molecule has 1 heterocycles. The Kier molecular flexibility index (Phi) is 3.52. The van der Waals surface area contributed by atoms with Crippen molar-refractivity contribution in [2.24, 2.45) is 0 Å². The fourth-order valence-electron chi connectivity index (χ4n) is 1.86. The van der Waals surface area contributed by atoms with Crippen LogP contribution in [0.1, 0.15) is 5.56 Å². The highest BCUT2D eigenvalue weighted by Gasteiger charge is 2.18. The van der Waals surface area contributed by atoms with Gasteiger partial charge in [-0.1, -0.05) is 0 Å². The number of ether oxygens (including phenoxy) is 1. The fourth-order valence-corrected chi connectivity index (χ4v) is 1.86. The molecule has 0 saturated heterocycles. The second kappa shape index (κ2) is 5.11. The molecule has 0 amide bonds. The van der Waals surface area contributed by atoms with E-state index in [2.05, 4.69) is 5.73 Å². The minimum atomic E-state index is -1.00. The molecule has 0 fully saturated rings. The molecule has 0 unspecified atom stereocenters. The lowest BCUT2D eigenvalue weighted by atomic mass is 10.0. The maximum atomic E-state index is 11.5. The number of quaternary nitrogens is 1. The molecule has 19 heavy (non-hydrogen) atoms. The maximum Gasteiger partial charge on any atom is 0.362 e. The number of methoxy groups -OCH3 is 1. The highest BCUT2D eigenvalue weighted by atomic mass is 16.5. The molecular weight excluding hydrogens is 250 g/mol. The lowest BCUT2D eigenvalue weighted by Gasteiger charge is -2.07. The lowest BCUT2D eigenvalue weighted by molar-refractivity contribution is -0.407. The maximum absolute atomic E-state index is 11.5. The number of fused-ring (bicyclic) bond motifs is 1. The zero-order valence-corrected chi connectivity index (χ0v) is 10.4. The third kappa shape index (κ3) is 2.74. The molecule has 0 spiro atoms. The molecule has 0 aliphatic carbocycles. The number of hydrogen-bond acceptors (Lipinski definition) is 4. The van der Waals surface area contributed by atoms with E-state index in [1.54, 1.807) is 18.2 Å². The van der Waals surface area contributed by atoms with E-state index in [1.807, 2.05) is 0 Å². The van der Waals surface area contributed by atoms with Gasteiger partial charge in [0, 0.05) is 23.9 Å². The van der Waals surface area contributed by atoms with E-state index in [1.165, 1.54) is 13.2 Å². The highest BCUT2D eigenvalue weighted by Crippen LogP contribution is 2.23. The van der Waals surface area contributed by atoms with Crippen LogP contribution in [0.4, 0.5) is 0 Å². The molecule has 0 aliphatic heterocycles. The number of rotatable bonds is 4. The average Bonchev–Trinajstić information content (AvgIpc) is 2.37. The Bertz CT molecular complexity index is 676. The van der Waals surface area contributed by atoms with Crippen molar-refractivity contribution in [3.8, 4) is 5.75 Å². The van der Waals surface area contributed by atoms with Gasteiger partial charge in [0.05, 0.1) is 7.11 Å². The molecule has 6 heteroatoms. The van der Waals surface area contributed by atoms with Crippen molar-refractivity contribution in [1.29, 1.82) is 0 Å². The Hall–Kier alpha value is -2.34. The summed E-state index contributed by atoms with van der Waals surface area (Å²) in [4.78, 5) is 22.3. The normalized spacial score (nSPS) is 12.3. The molecule has 0 saturated carbocycles. The average molecular weight is 264 g/mol. The van der Waals surface area contributed by atoms with Crippen LogP contribution in [-0.2, 0) is 11.2 Å². The second-order valence-corrected chi connectivity index (χ2v) is 4.19. The van der Waals surface area contributed by atoms with Gasteiger partial charge in [-0.3, -0.25) is 0 Å². The summed E-state index contributed by atoms with van der Waals surface area (Å²) in [6.45, 7) is 0. The summed E-state index contributed by atoms with van der Waals surface area (Å²) < 4.78 is 10.1. The minimum absolute atomic E-state index is 0.170. The van der Waals surface area contributed by atoms with Crippen LogP contribution in [0.15, 0.2) is 33.5 Å². The molecule has 2 aromatic rings. The van der Waals surface area contributed by atoms with Crippen LogP contribution in [0.25, 0.3) is 11.0 Å². The predicted molar refractivity (Wildman–Crippen MR) is 67.1 cm³/mol. The van der Waals surface area contributed by atoms with Crippen molar-refractivity contribution in [1.82, 2.24) is 0 Å². The summed E-state index contributed by atoms with van der Waals surface area (Å²) in [6, 6.07) is 5.55. The first-order chi connectivity index (χ1) is 9.01. The Morgan fingerprint density at radius 2 is 2.21 bits per heavy atom. The van der Waals surface area contributed by atoms with Crippen LogP contribution in [0.3, 0.4) is 0 Å². The van der Waals surface area contributed by atoms with Crippen molar-refractivity contribution in [2.75, 3.05) is 7.11 Å². The summed E-state index contributed by atoms with van der Waals surface area (Å²) in [5, 5.41) is 9.57. The van der Waals surface area contributed by atoms with E-state index in [0.29, 0.717) is 22.3 Å². The largest absolute Gasteiger partial charge is 0.497 e. The van der Waals surface area contributed by atoms with Crippen LogP contribution in [0, 0.1) is 0 Å². The minimum Gasteiger partial charge on any atom is -0.497 e.